The maximum atomic E-state index is 12.3. The quantitative estimate of drug-likeness (QED) is 0.488. The number of hydrogen-bond acceptors (Lipinski definition) is 6. The molecule has 0 unspecified atom stereocenters. The van der Waals surface area contributed by atoms with Crippen molar-refractivity contribution in [1.82, 2.24) is 0 Å². The summed E-state index contributed by atoms with van der Waals surface area (Å²) in [5.74, 6) is -0.815. The number of rotatable bonds is 3. The summed E-state index contributed by atoms with van der Waals surface area (Å²) in [5.41, 5.74) is 0.356. The Morgan fingerprint density at radius 2 is 2.00 bits per heavy atom. The van der Waals surface area contributed by atoms with Crippen LogP contribution < -0.4 is 9.84 Å². The van der Waals surface area contributed by atoms with E-state index in [0.29, 0.717) is 10.5 Å². The zero-order chi connectivity index (χ0) is 16.6. The highest BCUT2D eigenvalue weighted by molar-refractivity contribution is 8.04. The van der Waals surface area contributed by atoms with Crippen LogP contribution in [0.15, 0.2) is 46.2 Å². The molecule has 0 spiro atoms. The number of nitro groups is 1. The van der Waals surface area contributed by atoms with Crippen molar-refractivity contribution in [3.8, 4) is 11.5 Å². The molecule has 0 amide bonds. The van der Waals surface area contributed by atoms with Gasteiger partial charge in [0.2, 0.25) is 5.78 Å². The molecule has 0 bridgehead atoms. The summed E-state index contributed by atoms with van der Waals surface area (Å²) in [5, 5.41) is 23.2. The summed E-state index contributed by atoms with van der Waals surface area (Å²) in [6, 6.07) is 9.31. The lowest BCUT2D eigenvalue weighted by Crippen LogP contribution is -2.01. The van der Waals surface area contributed by atoms with Crippen LogP contribution >= 0.6 is 11.8 Å². The molecule has 2 aromatic carbocycles. The summed E-state index contributed by atoms with van der Waals surface area (Å²) in [6.07, 6.45) is 1.38. The Hall–Kier alpha value is -2.80. The minimum Gasteiger partial charge on any atom is -0.870 e. The van der Waals surface area contributed by atoms with Gasteiger partial charge in [0, 0.05) is 16.5 Å². The van der Waals surface area contributed by atoms with Crippen LogP contribution in [0.5, 0.6) is 11.5 Å². The van der Waals surface area contributed by atoms with Crippen LogP contribution in [0.25, 0.3) is 6.08 Å². The van der Waals surface area contributed by atoms with E-state index < -0.39 is 10.7 Å². The molecule has 116 valence electrons. The van der Waals surface area contributed by atoms with Gasteiger partial charge in [-0.2, -0.15) is 0 Å². The molecule has 1 aliphatic heterocycles. The van der Waals surface area contributed by atoms with Crippen molar-refractivity contribution in [2.75, 3.05) is 7.11 Å². The second-order valence-corrected chi connectivity index (χ2v) is 5.84. The van der Waals surface area contributed by atoms with E-state index in [-0.39, 0.29) is 22.8 Å². The number of carbonyl (C=O) groups excluding carboxylic acids is 1. The summed E-state index contributed by atoms with van der Waals surface area (Å²) < 4.78 is 4.89. The number of fused-ring (bicyclic) bond motifs is 1. The second kappa shape index (κ2) is 5.77. The number of benzene rings is 2. The number of carbonyl (C=O) groups is 1. The number of thioether (sulfide) groups is 1. The first-order chi connectivity index (χ1) is 11.0. The smallest absolute Gasteiger partial charge is 0.273 e. The maximum Gasteiger partial charge on any atom is 0.273 e. The predicted octanol–water partition coefficient (Wildman–Crippen LogP) is 3.01. The largest absolute Gasteiger partial charge is 0.870 e. The minimum atomic E-state index is -0.609. The predicted molar refractivity (Wildman–Crippen MR) is 83.7 cm³/mol. The number of ether oxygens (including phenoxy) is 1. The molecule has 23 heavy (non-hydrogen) atoms. The van der Waals surface area contributed by atoms with Crippen molar-refractivity contribution < 1.29 is 19.6 Å². The molecule has 2 aromatic rings. The number of hydrogen-bond donors (Lipinski definition) is 0. The van der Waals surface area contributed by atoms with E-state index >= 15 is 0 Å². The summed E-state index contributed by atoms with van der Waals surface area (Å²) in [7, 11) is 1.27. The fourth-order valence-electron chi connectivity index (χ4n) is 2.25. The molecule has 7 heteroatoms. The third-order valence-corrected chi connectivity index (χ3v) is 4.46. The Labute approximate surface area is 135 Å². The first-order valence-corrected chi connectivity index (χ1v) is 7.39. The highest BCUT2D eigenvalue weighted by Crippen LogP contribution is 2.42. The molecule has 1 heterocycles. The zero-order valence-corrected chi connectivity index (χ0v) is 12.8. The molecule has 0 aromatic heterocycles. The number of Topliss-reactive ketones (excluding diaryl/α,β-unsaturated/α-hetero) is 1. The van der Waals surface area contributed by atoms with E-state index in [9.17, 15) is 20.0 Å². The molecule has 0 saturated heterocycles. The number of non-ortho nitro benzene ring substituents is 1. The monoisotopic (exact) mass is 328 g/mol. The normalized spacial score (nSPS) is 14.8. The van der Waals surface area contributed by atoms with Crippen LogP contribution in [-0.4, -0.2) is 17.8 Å². The molecule has 0 saturated carbocycles. The van der Waals surface area contributed by atoms with E-state index in [1.54, 1.807) is 12.1 Å². The molecule has 0 atom stereocenters. The van der Waals surface area contributed by atoms with Crippen LogP contribution in [0.1, 0.15) is 15.9 Å². The molecule has 6 nitrogen and oxygen atoms in total. The lowest BCUT2D eigenvalue weighted by Gasteiger charge is -2.15. The topological polar surface area (TPSA) is 92.5 Å². The van der Waals surface area contributed by atoms with Gasteiger partial charge in [-0.1, -0.05) is 29.6 Å². The average molecular weight is 328 g/mol. The van der Waals surface area contributed by atoms with Crippen LogP contribution in [0, 0.1) is 10.1 Å². The summed E-state index contributed by atoms with van der Waals surface area (Å²) in [6.45, 7) is 0. The van der Waals surface area contributed by atoms with E-state index in [1.165, 1.54) is 24.9 Å². The van der Waals surface area contributed by atoms with Crippen molar-refractivity contribution in [3.05, 3.63) is 62.5 Å². The first-order valence-electron chi connectivity index (χ1n) is 6.58. The van der Waals surface area contributed by atoms with Crippen LogP contribution in [0.2, 0.25) is 0 Å². The third-order valence-electron chi connectivity index (χ3n) is 3.36. The Kier molecular flexibility index (Phi) is 3.79. The molecule has 1 aliphatic rings. The maximum absolute atomic E-state index is 12.3. The molecule has 0 fully saturated rings. The van der Waals surface area contributed by atoms with Gasteiger partial charge in [-0.3, -0.25) is 14.9 Å². The van der Waals surface area contributed by atoms with Gasteiger partial charge in [0.25, 0.3) is 5.69 Å². The number of allylic oxidation sites excluding steroid dienone is 1. The number of ketones is 1. The molecular formula is C16H10NO5S-. The highest BCUT2D eigenvalue weighted by atomic mass is 32.2. The lowest BCUT2D eigenvalue weighted by molar-refractivity contribution is -0.385. The SMILES string of the molecule is COc1cc([N+](=O)[O-])cc(/C=C2/Sc3ccccc3C2=O)c1[O-]. The highest BCUT2D eigenvalue weighted by Gasteiger charge is 2.25. The van der Waals surface area contributed by atoms with Gasteiger partial charge in [-0.15, -0.1) is 0 Å². The van der Waals surface area contributed by atoms with Crippen molar-refractivity contribution in [2.24, 2.45) is 0 Å². The fraction of sp³-hybridized carbons (Fsp3) is 0.0625. The van der Waals surface area contributed by atoms with E-state index in [0.717, 1.165) is 17.0 Å². The minimum absolute atomic E-state index is 0.0553. The van der Waals surface area contributed by atoms with Crippen LogP contribution in [0.4, 0.5) is 5.69 Å². The van der Waals surface area contributed by atoms with E-state index in [1.807, 2.05) is 12.1 Å². The lowest BCUT2D eigenvalue weighted by atomic mass is 10.1. The van der Waals surface area contributed by atoms with Gasteiger partial charge in [-0.05, 0) is 23.8 Å². The number of nitrogens with zero attached hydrogens (tertiary/aromatic N) is 1. The number of methoxy groups -OCH3 is 1. The van der Waals surface area contributed by atoms with Gasteiger partial charge in [0.15, 0.2) is 0 Å². The average Bonchev–Trinajstić information content (AvgIpc) is 2.85. The fourth-order valence-corrected chi connectivity index (χ4v) is 3.29. The molecule has 0 aliphatic carbocycles. The van der Waals surface area contributed by atoms with Crippen molar-refractivity contribution in [2.45, 2.75) is 4.90 Å². The standard InChI is InChI=1S/C16H11NO5S/c1-22-12-8-10(17(20)21)6-9(15(12)18)7-14-16(19)11-4-2-3-5-13(11)23-14/h2-8,18H,1H3/p-1/b14-7+. The molecule has 0 N–H and O–H groups in total. The van der Waals surface area contributed by atoms with Gasteiger partial charge in [0.1, 0.15) is 5.75 Å². The second-order valence-electron chi connectivity index (χ2n) is 4.76. The van der Waals surface area contributed by atoms with Crippen LogP contribution in [0.3, 0.4) is 0 Å². The molecule has 0 radical (unpaired) electrons. The van der Waals surface area contributed by atoms with Gasteiger partial charge >= 0.3 is 0 Å². The van der Waals surface area contributed by atoms with Gasteiger partial charge < -0.3 is 9.84 Å². The van der Waals surface area contributed by atoms with Crippen LogP contribution in [-0.2, 0) is 0 Å². The summed E-state index contributed by atoms with van der Waals surface area (Å²) >= 11 is 1.24. The van der Waals surface area contributed by atoms with E-state index in [2.05, 4.69) is 0 Å². The Morgan fingerprint density at radius 1 is 1.26 bits per heavy atom. The van der Waals surface area contributed by atoms with Crippen molar-refractivity contribution >= 4 is 29.3 Å². The molecular weight excluding hydrogens is 318 g/mol. The first kappa shape index (κ1) is 15.1. The Morgan fingerprint density at radius 3 is 2.65 bits per heavy atom. The summed E-state index contributed by atoms with van der Waals surface area (Å²) in [4.78, 5) is 23.8. The Bertz CT molecular complexity index is 860. The molecule has 3 rings (SSSR count). The number of nitro benzene ring substituents is 1. The van der Waals surface area contributed by atoms with Crippen molar-refractivity contribution in [3.63, 3.8) is 0 Å². The van der Waals surface area contributed by atoms with Crippen molar-refractivity contribution in [1.29, 1.82) is 0 Å². The van der Waals surface area contributed by atoms with E-state index in [4.69, 9.17) is 4.74 Å². The van der Waals surface area contributed by atoms with Gasteiger partial charge in [-0.25, -0.2) is 0 Å². The third kappa shape index (κ3) is 2.66. The Balaban J connectivity index is 2.09. The zero-order valence-electron chi connectivity index (χ0n) is 11.9. The van der Waals surface area contributed by atoms with Gasteiger partial charge in [0.05, 0.1) is 23.0 Å².